The molecule has 0 radical (unpaired) electrons. The molecule has 6 heteroatoms. The van der Waals surface area contributed by atoms with Crippen molar-refractivity contribution >= 4 is 28.9 Å². The molecule has 2 N–H and O–H groups in total. The fraction of sp³-hybridized carbons (Fsp3) is 0.174. The molecule has 148 valence electrons. The van der Waals surface area contributed by atoms with Crippen LogP contribution >= 0.6 is 0 Å². The second kappa shape index (κ2) is 9.50. The number of nitrogens with zero attached hydrogens (tertiary/aromatic N) is 2. The third-order valence-corrected chi connectivity index (χ3v) is 4.41. The van der Waals surface area contributed by atoms with Crippen LogP contribution in [-0.2, 0) is 11.3 Å². The maximum absolute atomic E-state index is 12.5. The molecular weight excluding hydrogens is 364 g/mol. The number of amides is 2. The summed E-state index contributed by atoms with van der Waals surface area (Å²) in [6, 6.07) is 20.8. The maximum Gasteiger partial charge on any atom is 0.274 e. The molecule has 29 heavy (non-hydrogen) atoms. The first-order chi connectivity index (χ1) is 14.0. The Morgan fingerprint density at radius 3 is 2.10 bits per heavy atom. The van der Waals surface area contributed by atoms with Crippen molar-refractivity contribution in [3.8, 4) is 0 Å². The molecule has 3 rings (SSSR count). The van der Waals surface area contributed by atoms with Crippen molar-refractivity contribution in [1.29, 1.82) is 0 Å². The zero-order chi connectivity index (χ0) is 20.6. The lowest BCUT2D eigenvalue weighted by molar-refractivity contribution is -0.114. The van der Waals surface area contributed by atoms with Crippen LogP contribution in [-0.4, -0.2) is 23.3 Å². The molecule has 2 aromatic carbocycles. The number of anilines is 3. The van der Waals surface area contributed by atoms with Crippen LogP contribution in [0, 0.1) is 0 Å². The summed E-state index contributed by atoms with van der Waals surface area (Å²) >= 11 is 0. The van der Waals surface area contributed by atoms with E-state index in [1.54, 1.807) is 36.5 Å². The van der Waals surface area contributed by atoms with E-state index in [-0.39, 0.29) is 11.8 Å². The molecule has 1 aromatic heterocycles. The van der Waals surface area contributed by atoms with Gasteiger partial charge in [-0.3, -0.25) is 9.59 Å². The van der Waals surface area contributed by atoms with Crippen molar-refractivity contribution in [3.05, 3.63) is 84.2 Å². The molecule has 0 aliphatic rings. The van der Waals surface area contributed by atoms with Crippen LogP contribution in [0.3, 0.4) is 0 Å². The first-order valence-corrected chi connectivity index (χ1v) is 9.49. The SMILES string of the molecule is CCN(Cc1ccccc1)c1ccc(C(=O)Nc2ccc(NC(C)=O)cc2)nc1. The van der Waals surface area contributed by atoms with Gasteiger partial charge in [0, 0.05) is 31.4 Å². The summed E-state index contributed by atoms with van der Waals surface area (Å²) in [6.07, 6.45) is 1.72. The van der Waals surface area contributed by atoms with Crippen molar-refractivity contribution in [2.75, 3.05) is 22.1 Å². The summed E-state index contributed by atoms with van der Waals surface area (Å²) < 4.78 is 0. The van der Waals surface area contributed by atoms with E-state index in [0.29, 0.717) is 17.1 Å². The highest BCUT2D eigenvalue weighted by molar-refractivity contribution is 6.03. The highest BCUT2D eigenvalue weighted by Crippen LogP contribution is 2.18. The quantitative estimate of drug-likeness (QED) is 0.632. The zero-order valence-corrected chi connectivity index (χ0v) is 16.6. The average Bonchev–Trinajstić information content (AvgIpc) is 2.74. The molecular formula is C23H24N4O2. The van der Waals surface area contributed by atoms with Gasteiger partial charge < -0.3 is 15.5 Å². The molecule has 0 atom stereocenters. The van der Waals surface area contributed by atoms with Gasteiger partial charge >= 0.3 is 0 Å². The van der Waals surface area contributed by atoms with E-state index in [9.17, 15) is 9.59 Å². The van der Waals surface area contributed by atoms with Gasteiger partial charge in [-0.15, -0.1) is 0 Å². The molecule has 6 nitrogen and oxygen atoms in total. The molecule has 0 aliphatic carbocycles. The van der Waals surface area contributed by atoms with Crippen molar-refractivity contribution < 1.29 is 9.59 Å². The Morgan fingerprint density at radius 2 is 1.55 bits per heavy atom. The van der Waals surface area contributed by atoms with Crippen LogP contribution in [0.5, 0.6) is 0 Å². The minimum absolute atomic E-state index is 0.139. The lowest BCUT2D eigenvalue weighted by Crippen LogP contribution is -2.22. The Kier molecular flexibility index (Phi) is 6.58. The number of hydrogen-bond donors (Lipinski definition) is 2. The Bertz CT molecular complexity index is 954. The molecule has 1 heterocycles. The number of rotatable bonds is 7. The van der Waals surface area contributed by atoms with E-state index in [0.717, 1.165) is 18.8 Å². The molecule has 0 bridgehead atoms. The molecule has 0 aliphatic heterocycles. The first kappa shape index (κ1) is 20.1. The topological polar surface area (TPSA) is 74.3 Å². The molecule has 0 spiro atoms. The van der Waals surface area contributed by atoms with Gasteiger partial charge in [0.2, 0.25) is 5.91 Å². The first-order valence-electron chi connectivity index (χ1n) is 9.49. The summed E-state index contributed by atoms with van der Waals surface area (Å²) in [7, 11) is 0. The second-order valence-electron chi connectivity index (χ2n) is 6.61. The fourth-order valence-corrected chi connectivity index (χ4v) is 2.93. The van der Waals surface area contributed by atoms with Crippen LogP contribution in [0.15, 0.2) is 72.9 Å². The fourth-order valence-electron chi connectivity index (χ4n) is 2.93. The third kappa shape index (κ3) is 5.65. The van der Waals surface area contributed by atoms with Gasteiger partial charge in [-0.25, -0.2) is 4.98 Å². The van der Waals surface area contributed by atoms with Gasteiger partial charge in [0.05, 0.1) is 11.9 Å². The zero-order valence-electron chi connectivity index (χ0n) is 16.6. The number of benzene rings is 2. The molecule has 0 saturated heterocycles. The Hall–Kier alpha value is -3.67. The van der Waals surface area contributed by atoms with Gasteiger partial charge in [0.25, 0.3) is 5.91 Å². The van der Waals surface area contributed by atoms with E-state index in [1.807, 2.05) is 24.3 Å². The predicted molar refractivity (Wildman–Crippen MR) is 116 cm³/mol. The van der Waals surface area contributed by atoms with E-state index in [4.69, 9.17) is 0 Å². The summed E-state index contributed by atoms with van der Waals surface area (Å²) in [5, 5.41) is 5.50. The minimum Gasteiger partial charge on any atom is -0.366 e. The van der Waals surface area contributed by atoms with Gasteiger partial charge in [-0.05, 0) is 48.9 Å². The van der Waals surface area contributed by atoms with E-state index < -0.39 is 0 Å². The van der Waals surface area contributed by atoms with E-state index in [1.165, 1.54) is 12.5 Å². The highest BCUT2D eigenvalue weighted by atomic mass is 16.2. The lowest BCUT2D eigenvalue weighted by atomic mass is 10.2. The molecule has 2 amide bonds. The number of carbonyl (C=O) groups is 2. The van der Waals surface area contributed by atoms with E-state index >= 15 is 0 Å². The molecule has 3 aromatic rings. The van der Waals surface area contributed by atoms with E-state index in [2.05, 4.69) is 39.6 Å². The number of hydrogen-bond acceptors (Lipinski definition) is 4. The standard InChI is InChI=1S/C23H24N4O2/c1-3-27(16-18-7-5-4-6-8-18)21-13-14-22(24-15-21)23(29)26-20-11-9-19(10-12-20)25-17(2)28/h4-15H,3,16H2,1-2H3,(H,25,28)(H,26,29). The summed E-state index contributed by atoms with van der Waals surface area (Å²) in [6.45, 7) is 5.16. The van der Waals surface area contributed by atoms with Crippen molar-refractivity contribution in [2.45, 2.75) is 20.4 Å². The largest absolute Gasteiger partial charge is 0.366 e. The van der Waals surface area contributed by atoms with Crippen LogP contribution in [0.25, 0.3) is 0 Å². The van der Waals surface area contributed by atoms with Gasteiger partial charge in [0.15, 0.2) is 0 Å². The van der Waals surface area contributed by atoms with Gasteiger partial charge in [-0.2, -0.15) is 0 Å². The van der Waals surface area contributed by atoms with Crippen LogP contribution in [0.1, 0.15) is 29.9 Å². The number of aromatic nitrogens is 1. The lowest BCUT2D eigenvalue weighted by Gasteiger charge is -2.23. The molecule has 0 saturated carbocycles. The van der Waals surface area contributed by atoms with Crippen molar-refractivity contribution in [3.63, 3.8) is 0 Å². The Morgan fingerprint density at radius 1 is 0.897 bits per heavy atom. The smallest absolute Gasteiger partial charge is 0.274 e. The summed E-state index contributed by atoms with van der Waals surface area (Å²) in [5.74, 6) is -0.422. The monoisotopic (exact) mass is 388 g/mol. The van der Waals surface area contributed by atoms with Gasteiger partial charge in [-0.1, -0.05) is 30.3 Å². The molecule has 0 fully saturated rings. The number of carbonyl (C=O) groups excluding carboxylic acids is 2. The highest BCUT2D eigenvalue weighted by Gasteiger charge is 2.10. The number of nitrogens with one attached hydrogen (secondary N) is 2. The molecule has 0 unspecified atom stereocenters. The Balaban J connectivity index is 1.64. The van der Waals surface area contributed by atoms with Crippen molar-refractivity contribution in [1.82, 2.24) is 4.98 Å². The normalized spacial score (nSPS) is 10.3. The van der Waals surface area contributed by atoms with Crippen LogP contribution in [0.4, 0.5) is 17.1 Å². The average molecular weight is 388 g/mol. The maximum atomic E-state index is 12.5. The second-order valence-corrected chi connectivity index (χ2v) is 6.61. The van der Waals surface area contributed by atoms with Crippen LogP contribution < -0.4 is 15.5 Å². The summed E-state index contributed by atoms with van der Waals surface area (Å²) in [5.41, 5.74) is 3.84. The number of pyridine rings is 1. The Labute approximate surface area is 170 Å². The minimum atomic E-state index is -0.282. The van der Waals surface area contributed by atoms with Gasteiger partial charge in [0.1, 0.15) is 5.69 Å². The predicted octanol–water partition coefficient (Wildman–Crippen LogP) is 4.32. The summed E-state index contributed by atoms with van der Waals surface area (Å²) in [4.78, 5) is 30.1. The van der Waals surface area contributed by atoms with Crippen LogP contribution in [0.2, 0.25) is 0 Å². The third-order valence-electron chi connectivity index (χ3n) is 4.41. The van der Waals surface area contributed by atoms with Crippen molar-refractivity contribution in [2.24, 2.45) is 0 Å².